The summed E-state index contributed by atoms with van der Waals surface area (Å²) in [6.07, 6.45) is 0.458. The van der Waals surface area contributed by atoms with Gasteiger partial charge < -0.3 is 25.0 Å². The summed E-state index contributed by atoms with van der Waals surface area (Å²) in [7, 11) is 1.62. The topological polar surface area (TPSA) is 79.9 Å². The number of hydrogen-bond donors (Lipinski definition) is 2. The molecule has 1 atom stereocenters. The summed E-state index contributed by atoms with van der Waals surface area (Å²) in [5, 5.41) is 5.61. The number of likely N-dealkylation sites (tertiary alicyclic amines) is 1. The number of amides is 3. The van der Waals surface area contributed by atoms with E-state index in [0.717, 1.165) is 0 Å². The van der Waals surface area contributed by atoms with Crippen LogP contribution in [0.1, 0.15) is 13.3 Å². The van der Waals surface area contributed by atoms with E-state index in [2.05, 4.69) is 10.6 Å². The fourth-order valence-corrected chi connectivity index (χ4v) is 2.66. The van der Waals surface area contributed by atoms with Crippen molar-refractivity contribution in [2.45, 2.75) is 13.3 Å². The van der Waals surface area contributed by atoms with Gasteiger partial charge in [0.25, 0.3) is 0 Å². The Labute approximate surface area is 142 Å². The summed E-state index contributed by atoms with van der Waals surface area (Å²) < 4.78 is 10.5. The number of carbonyl (C=O) groups excluding carboxylic acids is 2. The van der Waals surface area contributed by atoms with Crippen molar-refractivity contribution in [2.75, 3.05) is 45.3 Å². The number of urea groups is 1. The Balaban J connectivity index is 1.79. The zero-order chi connectivity index (χ0) is 17.4. The average Bonchev–Trinajstić information content (AvgIpc) is 2.93. The van der Waals surface area contributed by atoms with Crippen LogP contribution in [0.2, 0.25) is 0 Å². The Morgan fingerprint density at radius 2 is 2.17 bits per heavy atom. The molecule has 0 bridgehead atoms. The Morgan fingerprint density at radius 1 is 1.38 bits per heavy atom. The Kier molecular flexibility index (Phi) is 6.87. The van der Waals surface area contributed by atoms with Gasteiger partial charge in [-0.2, -0.15) is 0 Å². The first-order valence-electron chi connectivity index (χ1n) is 8.17. The van der Waals surface area contributed by atoms with E-state index >= 15 is 0 Å². The second-order valence-electron chi connectivity index (χ2n) is 5.67. The molecule has 0 saturated carbocycles. The van der Waals surface area contributed by atoms with Crippen molar-refractivity contribution >= 4 is 17.6 Å². The Morgan fingerprint density at radius 3 is 2.92 bits per heavy atom. The number of hydrogen-bond acceptors (Lipinski definition) is 4. The van der Waals surface area contributed by atoms with E-state index in [-0.39, 0.29) is 17.9 Å². The van der Waals surface area contributed by atoms with E-state index in [9.17, 15) is 9.59 Å². The zero-order valence-corrected chi connectivity index (χ0v) is 14.2. The fourth-order valence-electron chi connectivity index (χ4n) is 2.66. The lowest BCUT2D eigenvalue weighted by Crippen LogP contribution is -2.34. The van der Waals surface area contributed by atoms with Crippen LogP contribution >= 0.6 is 0 Å². The number of methoxy groups -OCH3 is 1. The van der Waals surface area contributed by atoms with Crippen LogP contribution < -0.4 is 15.4 Å². The standard InChI is InChI=1S/C17H25N3O4/c1-3-24-15-7-5-4-6-14(15)19-17(22)18-11-13-10-16(21)20(12-13)8-9-23-2/h4-7,13H,3,8-12H2,1-2H3,(H2,18,19,22)/t13-/m1/s1. The summed E-state index contributed by atoms with van der Waals surface area (Å²) >= 11 is 0. The fraction of sp³-hybridized carbons (Fsp3) is 0.529. The lowest BCUT2D eigenvalue weighted by molar-refractivity contribution is -0.128. The van der Waals surface area contributed by atoms with E-state index < -0.39 is 0 Å². The van der Waals surface area contributed by atoms with Gasteiger partial charge in [-0.1, -0.05) is 12.1 Å². The largest absolute Gasteiger partial charge is 0.492 e. The molecule has 132 valence electrons. The minimum atomic E-state index is -0.301. The SMILES string of the molecule is CCOc1ccccc1NC(=O)NC[C@H]1CC(=O)N(CCOC)C1. The van der Waals surface area contributed by atoms with Gasteiger partial charge in [-0.15, -0.1) is 0 Å². The molecule has 1 aromatic carbocycles. The molecule has 0 aromatic heterocycles. The number of nitrogens with one attached hydrogen (secondary N) is 2. The van der Waals surface area contributed by atoms with E-state index in [0.29, 0.717) is 50.7 Å². The van der Waals surface area contributed by atoms with Gasteiger partial charge in [-0.25, -0.2) is 4.79 Å². The molecule has 1 aliphatic rings. The number of nitrogens with zero attached hydrogens (tertiary/aromatic N) is 1. The molecule has 1 aromatic rings. The smallest absolute Gasteiger partial charge is 0.319 e. The van der Waals surface area contributed by atoms with Crippen LogP contribution in [0.15, 0.2) is 24.3 Å². The van der Waals surface area contributed by atoms with Crippen LogP contribution in [0.25, 0.3) is 0 Å². The second kappa shape index (κ2) is 9.12. The van der Waals surface area contributed by atoms with Crippen molar-refractivity contribution in [3.8, 4) is 5.75 Å². The molecular weight excluding hydrogens is 310 g/mol. The molecule has 0 radical (unpaired) electrons. The van der Waals surface area contributed by atoms with Crippen molar-refractivity contribution in [1.29, 1.82) is 0 Å². The maximum absolute atomic E-state index is 12.1. The lowest BCUT2D eigenvalue weighted by atomic mass is 10.1. The summed E-state index contributed by atoms with van der Waals surface area (Å²) in [5.41, 5.74) is 0.626. The first-order valence-corrected chi connectivity index (χ1v) is 8.17. The average molecular weight is 335 g/mol. The molecule has 2 rings (SSSR count). The molecule has 3 amide bonds. The molecule has 2 N–H and O–H groups in total. The highest BCUT2D eigenvalue weighted by atomic mass is 16.5. The van der Waals surface area contributed by atoms with Crippen LogP contribution in [0.4, 0.5) is 10.5 Å². The third-order valence-corrected chi connectivity index (χ3v) is 3.85. The minimum Gasteiger partial charge on any atom is -0.492 e. The van der Waals surface area contributed by atoms with E-state index in [1.807, 2.05) is 25.1 Å². The van der Waals surface area contributed by atoms with E-state index in [4.69, 9.17) is 9.47 Å². The van der Waals surface area contributed by atoms with Crippen molar-refractivity contribution < 1.29 is 19.1 Å². The summed E-state index contributed by atoms with van der Waals surface area (Å²) in [5.74, 6) is 0.875. The van der Waals surface area contributed by atoms with Crippen molar-refractivity contribution in [3.63, 3.8) is 0 Å². The monoisotopic (exact) mass is 335 g/mol. The molecule has 1 fully saturated rings. The molecule has 1 heterocycles. The van der Waals surface area contributed by atoms with Crippen molar-refractivity contribution in [1.82, 2.24) is 10.2 Å². The van der Waals surface area contributed by atoms with Gasteiger partial charge >= 0.3 is 6.03 Å². The highest BCUT2D eigenvalue weighted by Gasteiger charge is 2.29. The number of anilines is 1. The van der Waals surface area contributed by atoms with Gasteiger partial charge in [0.05, 0.1) is 18.9 Å². The first kappa shape index (κ1) is 18.1. The molecule has 7 nitrogen and oxygen atoms in total. The molecule has 1 aliphatic heterocycles. The number of carbonyl (C=O) groups is 2. The van der Waals surface area contributed by atoms with Crippen LogP contribution in [-0.2, 0) is 9.53 Å². The lowest BCUT2D eigenvalue weighted by Gasteiger charge is -2.16. The Hall–Kier alpha value is -2.28. The molecule has 0 spiro atoms. The van der Waals surface area contributed by atoms with Crippen LogP contribution in [0, 0.1) is 5.92 Å². The summed E-state index contributed by atoms with van der Waals surface area (Å²) in [4.78, 5) is 25.7. The third-order valence-electron chi connectivity index (χ3n) is 3.85. The number of ether oxygens (including phenoxy) is 2. The second-order valence-corrected chi connectivity index (χ2v) is 5.67. The quantitative estimate of drug-likeness (QED) is 0.758. The molecule has 1 saturated heterocycles. The molecule has 7 heteroatoms. The van der Waals surface area contributed by atoms with Gasteiger partial charge in [-0.05, 0) is 19.1 Å². The van der Waals surface area contributed by atoms with E-state index in [1.54, 1.807) is 18.1 Å². The predicted octanol–water partition coefficient (Wildman–Crippen LogP) is 1.70. The van der Waals surface area contributed by atoms with Crippen molar-refractivity contribution in [2.24, 2.45) is 5.92 Å². The van der Waals surface area contributed by atoms with Crippen LogP contribution in [-0.4, -0.2) is 56.8 Å². The zero-order valence-electron chi connectivity index (χ0n) is 14.2. The Bertz CT molecular complexity index is 565. The maximum Gasteiger partial charge on any atom is 0.319 e. The van der Waals surface area contributed by atoms with Crippen LogP contribution in [0.5, 0.6) is 5.75 Å². The number of benzene rings is 1. The number of para-hydroxylation sites is 2. The van der Waals surface area contributed by atoms with Gasteiger partial charge in [0, 0.05) is 39.1 Å². The summed E-state index contributed by atoms with van der Waals surface area (Å²) in [6.45, 7) is 4.65. The number of rotatable bonds is 8. The molecule has 0 aliphatic carbocycles. The highest BCUT2D eigenvalue weighted by Crippen LogP contribution is 2.23. The normalized spacial score (nSPS) is 17.0. The highest BCUT2D eigenvalue weighted by molar-refractivity contribution is 5.91. The van der Waals surface area contributed by atoms with Gasteiger partial charge in [-0.3, -0.25) is 4.79 Å². The third kappa shape index (κ3) is 5.13. The van der Waals surface area contributed by atoms with E-state index in [1.165, 1.54) is 0 Å². The molecule has 24 heavy (non-hydrogen) atoms. The van der Waals surface area contributed by atoms with Crippen LogP contribution in [0.3, 0.4) is 0 Å². The minimum absolute atomic E-state index is 0.112. The molecular formula is C17H25N3O4. The molecule has 0 unspecified atom stereocenters. The first-order chi connectivity index (χ1) is 11.6. The van der Waals surface area contributed by atoms with Gasteiger partial charge in [0.2, 0.25) is 5.91 Å². The van der Waals surface area contributed by atoms with Gasteiger partial charge in [0.15, 0.2) is 0 Å². The van der Waals surface area contributed by atoms with Crippen molar-refractivity contribution in [3.05, 3.63) is 24.3 Å². The predicted molar refractivity (Wildman–Crippen MR) is 91.2 cm³/mol. The summed E-state index contributed by atoms with van der Waals surface area (Å²) in [6, 6.07) is 6.98. The van der Waals surface area contributed by atoms with Gasteiger partial charge in [0.1, 0.15) is 5.75 Å². The maximum atomic E-state index is 12.1.